The van der Waals surface area contributed by atoms with Gasteiger partial charge in [0.25, 0.3) is 0 Å². The van der Waals surface area contributed by atoms with Gasteiger partial charge in [0.1, 0.15) is 5.76 Å². The van der Waals surface area contributed by atoms with E-state index in [0.29, 0.717) is 29.2 Å². The topological polar surface area (TPSA) is 75.0 Å². The lowest BCUT2D eigenvalue weighted by Gasteiger charge is -2.04. The second-order valence-corrected chi connectivity index (χ2v) is 4.73. The number of ether oxygens (including phenoxy) is 3. The highest BCUT2D eigenvalue weighted by molar-refractivity contribution is 5.98. The van der Waals surface area contributed by atoms with Crippen LogP contribution in [0.2, 0.25) is 0 Å². The number of esters is 1. The first kappa shape index (κ1) is 14.2. The van der Waals surface area contributed by atoms with E-state index in [-0.39, 0.29) is 25.6 Å². The molecule has 0 fully saturated rings. The lowest BCUT2D eigenvalue weighted by atomic mass is 10.1. The van der Waals surface area contributed by atoms with E-state index in [0.717, 1.165) is 0 Å². The van der Waals surface area contributed by atoms with Gasteiger partial charge in [-0.15, -0.1) is 0 Å². The van der Waals surface area contributed by atoms with Crippen LogP contribution in [0, 0.1) is 0 Å². The fourth-order valence-electron chi connectivity index (χ4n) is 2.05. The highest BCUT2D eigenvalue weighted by atomic mass is 16.7. The third-order valence-electron chi connectivity index (χ3n) is 3.21. The number of ketones is 1. The Morgan fingerprint density at radius 2 is 2.00 bits per heavy atom. The molecule has 1 aliphatic rings. The molecule has 0 N–H and O–H groups in total. The van der Waals surface area contributed by atoms with Gasteiger partial charge >= 0.3 is 5.97 Å². The molecule has 0 amide bonds. The molecule has 114 valence electrons. The zero-order valence-corrected chi connectivity index (χ0v) is 11.7. The van der Waals surface area contributed by atoms with Gasteiger partial charge in [0, 0.05) is 12.0 Å². The molecule has 1 aromatic carbocycles. The predicted octanol–water partition coefficient (Wildman–Crippen LogP) is 2.37. The van der Waals surface area contributed by atoms with Crippen LogP contribution in [-0.2, 0) is 16.0 Å². The Hall–Kier alpha value is -2.76. The van der Waals surface area contributed by atoms with Crippen molar-refractivity contribution >= 4 is 11.8 Å². The zero-order chi connectivity index (χ0) is 15.4. The van der Waals surface area contributed by atoms with Crippen molar-refractivity contribution in [2.24, 2.45) is 0 Å². The summed E-state index contributed by atoms with van der Waals surface area (Å²) in [5.74, 6) is 1.11. The average molecular weight is 302 g/mol. The minimum Gasteiger partial charge on any atom is -0.469 e. The Morgan fingerprint density at radius 3 is 2.82 bits per heavy atom. The molecule has 0 aliphatic carbocycles. The molecular formula is C16H14O6. The third kappa shape index (κ3) is 3.28. The average Bonchev–Trinajstić information content (AvgIpc) is 3.20. The van der Waals surface area contributed by atoms with Gasteiger partial charge in [0.15, 0.2) is 23.9 Å². The van der Waals surface area contributed by atoms with Gasteiger partial charge in [-0.05, 0) is 30.3 Å². The largest absolute Gasteiger partial charge is 0.469 e. The maximum Gasteiger partial charge on any atom is 0.306 e. The van der Waals surface area contributed by atoms with E-state index in [2.05, 4.69) is 0 Å². The second kappa shape index (κ2) is 6.34. The van der Waals surface area contributed by atoms with Crippen molar-refractivity contribution in [1.82, 2.24) is 0 Å². The molecular weight excluding hydrogens is 288 g/mol. The number of carbonyl (C=O) groups excluding carboxylic acids is 2. The van der Waals surface area contributed by atoms with Crippen molar-refractivity contribution < 1.29 is 28.2 Å². The Labute approximate surface area is 126 Å². The van der Waals surface area contributed by atoms with Gasteiger partial charge in [0.2, 0.25) is 6.79 Å². The summed E-state index contributed by atoms with van der Waals surface area (Å²) in [6.07, 6.45) is 2.16. The molecule has 3 rings (SSSR count). The number of benzene rings is 1. The molecule has 2 heterocycles. The van der Waals surface area contributed by atoms with E-state index in [1.54, 1.807) is 36.6 Å². The number of furan rings is 1. The van der Waals surface area contributed by atoms with Crippen molar-refractivity contribution in [1.29, 1.82) is 0 Å². The normalized spacial score (nSPS) is 12.2. The number of Topliss-reactive ketones (excluding diaryl/α,β-unsaturated/α-hetero) is 1. The van der Waals surface area contributed by atoms with Gasteiger partial charge in [0.05, 0.1) is 12.7 Å². The second-order valence-electron chi connectivity index (χ2n) is 4.73. The van der Waals surface area contributed by atoms with E-state index in [1.165, 1.54) is 0 Å². The molecule has 0 atom stereocenters. The molecule has 22 heavy (non-hydrogen) atoms. The van der Waals surface area contributed by atoms with Crippen molar-refractivity contribution in [3.63, 3.8) is 0 Å². The molecule has 6 heteroatoms. The summed E-state index contributed by atoms with van der Waals surface area (Å²) in [6.45, 7) is -0.147. The van der Waals surface area contributed by atoms with Crippen LogP contribution in [0.15, 0.2) is 41.0 Å². The molecule has 0 radical (unpaired) electrons. The SMILES string of the molecule is O=C(CCc1ccco1)OCC(=O)c1ccc2c(c1)OCO2. The fourth-order valence-corrected chi connectivity index (χ4v) is 2.05. The van der Waals surface area contributed by atoms with Crippen LogP contribution < -0.4 is 9.47 Å². The summed E-state index contributed by atoms with van der Waals surface area (Å²) in [6, 6.07) is 8.40. The van der Waals surface area contributed by atoms with Crippen LogP contribution in [0.3, 0.4) is 0 Å². The number of aryl methyl sites for hydroxylation is 1. The van der Waals surface area contributed by atoms with Crippen LogP contribution in [0.1, 0.15) is 22.5 Å². The summed E-state index contributed by atoms with van der Waals surface area (Å²) in [5, 5.41) is 0. The Morgan fingerprint density at radius 1 is 1.14 bits per heavy atom. The van der Waals surface area contributed by atoms with E-state index >= 15 is 0 Å². The zero-order valence-electron chi connectivity index (χ0n) is 11.7. The number of fused-ring (bicyclic) bond motifs is 1. The van der Waals surface area contributed by atoms with Crippen molar-refractivity contribution in [3.05, 3.63) is 47.9 Å². The minimum absolute atomic E-state index is 0.148. The van der Waals surface area contributed by atoms with Crippen LogP contribution in [0.25, 0.3) is 0 Å². The smallest absolute Gasteiger partial charge is 0.306 e. The monoisotopic (exact) mass is 302 g/mol. The van der Waals surface area contributed by atoms with Crippen molar-refractivity contribution in [2.45, 2.75) is 12.8 Å². The van der Waals surface area contributed by atoms with Crippen LogP contribution in [-0.4, -0.2) is 25.2 Å². The Balaban J connectivity index is 1.48. The molecule has 0 saturated heterocycles. The van der Waals surface area contributed by atoms with Crippen LogP contribution in [0.4, 0.5) is 0 Å². The van der Waals surface area contributed by atoms with E-state index in [1.807, 2.05) is 0 Å². The molecule has 0 saturated carbocycles. The molecule has 0 bridgehead atoms. The third-order valence-corrected chi connectivity index (χ3v) is 3.21. The van der Waals surface area contributed by atoms with E-state index < -0.39 is 5.97 Å². The summed E-state index contributed by atoms with van der Waals surface area (Å²) in [7, 11) is 0. The van der Waals surface area contributed by atoms with E-state index in [4.69, 9.17) is 18.6 Å². The van der Waals surface area contributed by atoms with Crippen molar-refractivity contribution in [3.8, 4) is 11.5 Å². The molecule has 1 aromatic heterocycles. The van der Waals surface area contributed by atoms with Crippen molar-refractivity contribution in [2.75, 3.05) is 13.4 Å². The summed E-state index contributed by atoms with van der Waals surface area (Å²) in [4.78, 5) is 23.6. The predicted molar refractivity (Wildman–Crippen MR) is 74.9 cm³/mol. The van der Waals surface area contributed by atoms with Crippen LogP contribution in [0.5, 0.6) is 11.5 Å². The first-order valence-electron chi connectivity index (χ1n) is 6.83. The van der Waals surface area contributed by atoms with E-state index in [9.17, 15) is 9.59 Å². The van der Waals surface area contributed by atoms with Gasteiger partial charge < -0.3 is 18.6 Å². The fraction of sp³-hybridized carbons (Fsp3) is 0.250. The summed E-state index contributed by atoms with van der Waals surface area (Å²) in [5.41, 5.74) is 0.420. The molecule has 0 unspecified atom stereocenters. The summed E-state index contributed by atoms with van der Waals surface area (Å²) < 4.78 is 20.5. The quantitative estimate of drug-likeness (QED) is 0.602. The highest BCUT2D eigenvalue weighted by Gasteiger charge is 2.17. The lowest BCUT2D eigenvalue weighted by molar-refractivity contribution is -0.142. The van der Waals surface area contributed by atoms with Crippen LogP contribution >= 0.6 is 0 Å². The maximum absolute atomic E-state index is 12.0. The number of carbonyl (C=O) groups is 2. The first-order chi connectivity index (χ1) is 10.7. The first-order valence-corrected chi connectivity index (χ1v) is 6.83. The maximum atomic E-state index is 12.0. The van der Waals surface area contributed by atoms with Gasteiger partial charge in [-0.25, -0.2) is 0 Å². The minimum atomic E-state index is -0.439. The van der Waals surface area contributed by atoms with Gasteiger partial charge in [-0.1, -0.05) is 0 Å². The van der Waals surface area contributed by atoms with Gasteiger partial charge in [-0.2, -0.15) is 0 Å². The standard InChI is InChI=1S/C16H14O6/c17-13(11-3-5-14-15(8-11)22-10-21-14)9-20-16(18)6-4-12-2-1-7-19-12/h1-3,5,7-8H,4,6,9-10H2. The molecule has 6 nitrogen and oxygen atoms in total. The van der Waals surface area contributed by atoms with Gasteiger partial charge in [-0.3, -0.25) is 9.59 Å². The lowest BCUT2D eigenvalue weighted by Crippen LogP contribution is -2.14. The highest BCUT2D eigenvalue weighted by Crippen LogP contribution is 2.32. The number of hydrogen-bond donors (Lipinski definition) is 0. The Kier molecular flexibility index (Phi) is 4.09. The number of rotatable bonds is 6. The molecule has 0 spiro atoms. The Bertz CT molecular complexity index is 674. The number of hydrogen-bond acceptors (Lipinski definition) is 6. The molecule has 2 aromatic rings. The molecule has 1 aliphatic heterocycles. The summed E-state index contributed by atoms with van der Waals surface area (Å²) >= 11 is 0.